The first kappa shape index (κ1) is 10.6. The average molecular weight is 244 g/mol. The Kier molecular flexibility index (Phi) is 2.07. The van der Waals surface area contributed by atoms with Crippen LogP contribution in [0.4, 0.5) is 5.82 Å². The summed E-state index contributed by atoms with van der Waals surface area (Å²) in [5, 5.41) is 6.83. The number of aryl methyl sites for hydroxylation is 1. The highest BCUT2D eigenvalue weighted by molar-refractivity contribution is 5.81. The zero-order valence-corrected chi connectivity index (χ0v) is 10.0. The van der Waals surface area contributed by atoms with E-state index in [1.54, 1.807) is 13.1 Å². The monoisotopic (exact) mass is 244 g/mol. The van der Waals surface area contributed by atoms with E-state index in [0.29, 0.717) is 11.4 Å². The highest BCUT2D eigenvalue weighted by atomic mass is 16.4. The summed E-state index contributed by atoms with van der Waals surface area (Å²) in [5.74, 6) is 0.0996. The third-order valence-corrected chi connectivity index (χ3v) is 3.13. The maximum Gasteiger partial charge on any atom is 0.419 e. The van der Waals surface area contributed by atoms with Crippen LogP contribution in [0, 0.1) is 6.92 Å². The molecule has 3 rings (SSSR count). The molecule has 0 amide bonds. The van der Waals surface area contributed by atoms with Crippen LogP contribution < -0.4 is 11.5 Å². The number of oxazole rings is 1. The molecule has 0 aliphatic carbocycles. The van der Waals surface area contributed by atoms with Gasteiger partial charge in [0.2, 0.25) is 0 Å². The molecule has 0 spiro atoms. The standard InChI is InChI=1S/C12H12N4O2/c1-6-10(14-15-11(6)13)7-3-4-8-9(5-7)18-12(17)16(8)2/h3-5H,1-2H3,(H3,13,14,15). The van der Waals surface area contributed by atoms with Crippen molar-refractivity contribution in [2.75, 3.05) is 5.73 Å². The Morgan fingerprint density at radius 3 is 2.89 bits per heavy atom. The summed E-state index contributed by atoms with van der Waals surface area (Å²) >= 11 is 0. The van der Waals surface area contributed by atoms with Gasteiger partial charge in [-0.25, -0.2) is 4.79 Å². The van der Waals surface area contributed by atoms with Crippen molar-refractivity contribution in [2.45, 2.75) is 6.92 Å². The third kappa shape index (κ3) is 1.35. The number of nitrogens with one attached hydrogen (secondary N) is 1. The second kappa shape index (κ2) is 3.49. The lowest BCUT2D eigenvalue weighted by Gasteiger charge is -1.99. The largest absolute Gasteiger partial charge is 0.419 e. The fraction of sp³-hybridized carbons (Fsp3) is 0.167. The molecule has 0 atom stereocenters. The van der Waals surface area contributed by atoms with Crippen LogP contribution in [0.5, 0.6) is 0 Å². The van der Waals surface area contributed by atoms with Crippen molar-refractivity contribution in [1.82, 2.24) is 14.8 Å². The number of aromatic amines is 1. The maximum atomic E-state index is 11.4. The molecular formula is C12H12N4O2. The lowest BCUT2D eigenvalue weighted by Crippen LogP contribution is -2.08. The molecule has 92 valence electrons. The summed E-state index contributed by atoms with van der Waals surface area (Å²) in [6.45, 7) is 1.89. The molecule has 0 saturated heterocycles. The molecule has 0 fully saturated rings. The van der Waals surface area contributed by atoms with Gasteiger partial charge in [0.15, 0.2) is 5.58 Å². The number of hydrogen-bond acceptors (Lipinski definition) is 4. The summed E-state index contributed by atoms with van der Waals surface area (Å²) in [6, 6.07) is 5.54. The quantitative estimate of drug-likeness (QED) is 0.677. The molecule has 2 heterocycles. The fourth-order valence-electron chi connectivity index (χ4n) is 1.98. The molecular weight excluding hydrogens is 232 g/mol. The molecule has 0 radical (unpaired) electrons. The van der Waals surface area contributed by atoms with Crippen LogP contribution in [0.3, 0.4) is 0 Å². The van der Waals surface area contributed by atoms with Gasteiger partial charge in [0.1, 0.15) is 5.82 Å². The van der Waals surface area contributed by atoms with E-state index in [-0.39, 0.29) is 5.76 Å². The summed E-state index contributed by atoms with van der Waals surface area (Å²) in [5.41, 5.74) is 9.61. The van der Waals surface area contributed by atoms with Crippen LogP contribution in [0.15, 0.2) is 27.4 Å². The van der Waals surface area contributed by atoms with Crippen LogP contribution in [-0.2, 0) is 7.05 Å². The van der Waals surface area contributed by atoms with Gasteiger partial charge in [0.25, 0.3) is 0 Å². The summed E-state index contributed by atoms with van der Waals surface area (Å²) in [7, 11) is 1.67. The first-order valence-corrected chi connectivity index (χ1v) is 5.48. The molecule has 3 aromatic rings. The Bertz CT molecular complexity index is 794. The van der Waals surface area contributed by atoms with Gasteiger partial charge in [-0.15, -0.1) is 0 Å². The number of rotatable bonds is 1. The SMILES string of the molecule is Cc1c(N)n[nH]c1-c1ccc2c(c1)oc(=O)n2C. The van der Waals surface area contributed by atoms with Crippen LogP contribution >= 0.6 is 0 Å². The van der Waals surface area contributed by atoms with Gasteiger partial charge in [0.05, 0.1) is 11.2 Å². The highest BCUT2D eigenvalue weighted by Crippen LogP contribution is 2.26. The van der Waals surface area contributed by atoms with Crippen molar-refractivity contribution in [2.24, 2.45) is 7.05 Å². The molecule has 6 nitrogen and oxygen atoms in total. The number of aromatic nitrogens is 3. The van der Waals surface area contributed by atoms with Crippen LogP contribution in [0.25, 0.3) is 22.4 Å². The smallest absolute Gasteiger partial charge is 0.408 e. The van der Waals surface area contributed by atoms with E-state index >= 15 is 0 Å². The van der Waals surface area contributed by atoms with Crippen molar-refractivity contribution in [3.05, 3.63) is 34.3 Å². The Morgan fingerprint density at radius 1 is 1.44 bits per heavy atom. The van der Waals surface area contributed by atoms with Crippen LogP contribution in [0.2, 0.25) is 0 Å². The number of nitrogen functional groups attached to an aromatic ring is 1. The van der Waals surface area contributed by atoms with Crippen molar-refractivity contribution < 1.29 is 4.42 Å². The second-order valence-corrected chi connectivity index (χ2v) is 4.22. The van der Waals surface area contributed by atoms with Crippen LogP contribution in [0.1, 0.15) is 5.56 Å². The van der Waals surface area contributed by atoms with Crippen LogP contribution in [-0.4, -0.2) is 14.8 Å². The number of nitrogens with zero attached hydrogens (tertiary/aromatic N) is 2. The van der Waals surface area contributed by atoms with Crippen molar-refractivity contribution in [3.8, 4) is 11.3 Å². The van der Waals surface area contributed by atoms with Gasteiger partial charge in [0, 0.05) is 18.2 Å². The topological polar surface area (TPSA) is 89.8 Å². The minimum absolute atomic E-state index is 0.372. The van der Waals surface area contributed by atoms with E-state index in [2.05, 4.69) is 10.2 Å². The summed E-state index contributed by atoms with van der Waals surface area (Å²) in [4.78, 5) is 11.4. The number of anilines is 1. The third-order valence-electron chi connectivity index (χ3n) is 3.13. The Morgan fingerprint density at radius 2 is 2.22 bits per heavy atom. The summed E-state index contributed by atoms with van der Waals surface area (Å²) in [6.07, 6.45) is 0. The van der Waals surface area contributed by atoms with E-state index in [0.717, 1.165) is 22.3 Å². The van der Waals surface area contributed by atoms with Gasteiger partial charge in [-0.1, -0.05) is 6.07 Å². The molecule has 2 aromatic heterocycles. The Hall–Kier alpha value is -2.50. The molecule has 6 heteroatoms. The zero-order chi connectivity index (χ0) is 12.9. The zero-order valence-electron chi connectivity index (χ0n) is 10.0. The van der Waals surface area contributed by atoms with Crippen molar-refractivity contribution in [1.29, 1.82) is 0 Å². The number of H-pyrrole nitrogens is 1. The molecule has 18 heavy (non-hydrogen) atoms. The van der Waals surface area contributed by atoms with Gasteiger partial charge >= 0.3 is 5.76 Å². The maximum absolute atomic E-state index is 11.4. The normalized spacial score (nSPS) is 11.2. The van der Waals surface area contributed by atoms with E-state index in [4.69, 9.17) is 10.2 Å². The highest BCUT2D eigenvalue weighted by Gasteiger charge is 2.11. The molecule has 0 saturated carbocycles. The summed E-state index contributed by atoms with van der Waals surface area (Å²) < 4.78 is 6.61. The number of benzene rings is 1. The van der Waals surface area contributed by atoms with E-state index in [9.17, 15) is 4.79 Å². The predicted molar refractivity (Wildman–Crippen MR) is 68.2 cm³/mol. The Balaban J connectivity index is 2.25. The molecule has 1 aromatic carbocycles. The lowest BCUT2D eigenvalue weighted by atomic mass is 10.1. The molecule has 0 aliphatic rings. The molecule has 0 bridgehead atoms. The number of fused-ring (bicyclic) bond motifs is 1. The van der Waals surface area contributed by atoms with E-state index in [1.807, 2.05) is 19.1 Å². The minimum Gasteiger partial charge on any atom is -0.408 e. The van der Waals surface area contributed by atoms with Gasteiger partial charge in [-0.2, -0.15) is 5.10 Å². The van der Waals surface area contributed by atoms with Crippen molar-refractivity contribution >= 4 is 16.9 Å². The predicted octanol–water partition coefficient (Wildman–Crippen LogP) is 1.41. The first-order chi connectivity index (χ1) is 8.58. The van der Waals surface area contributed by atoms with E-state index < -0.39 is 0 Å². The fourth-order valence-corrected chi connectivity index (χ4v) is 1.98. The molecule has 0 aliphatic heterocycles. The number of hydrogen-bond donors (Lipinski definition) is 2. The number of nitrogens with two attached hydrogens (primary N) is 1. The Labute approximate surface area is 102 Å². The van der Waals surface area contributed by atoms with E-state index in [1.165, 1.54) is 4.57 Å². The molecule has 3 N–H and O–H groups in total. The van der Waals surface area contributed by atoms with Gasteiger partial charge in [-0.05, 0) is 19.1 Å². The minimum atomic E-state index is -0.372. The molecule has 0 unspecified atom stereocenters. The lowest BCUT2D eigenvalue weighted by molar-refractivity contribution is 0.528. The van der Waals surface area contributed by atoms with Gasteiger partial charge in [-0.3, -0.25) is 9.67 Å². The first-order valence-electron chi connectivity index (χ1n) is 5.48. The average Bonchev–Trinajstić information content (AvgIpc) is 2.82. The van der Waals surface area contributed by atoms with Crippen molar-refractivity contribution in [3.63, 3.8) is 0 Å². The van der Waals surface area contributed by atoms with Gasteiger partial charge < -0.3 is 10.2 Å². The second-order valence-electron chi connectivity index (χ2n) is 4.22.